The van der Waals surface area contributed by atoms with Gasteiger partial charge in [-0.2, -0.15) is 5.10 Å². The molecule has 0 saturated carbocycles. The summed E-state index contributed by atoms with van der Waals surface area (Å²) in [6.45, 7) is 7.79. The molecule has 7 nitrogen and oxygen atoms in total. The number of likely N-dealkylation sites (tertiary alicyclic amines) is 1. The van der Waals surface area contributed by atoms with E-state index in [4.69, 9.17) is 4.74 Å². The molecule has 1 unspecified atom stereocenters. The highest BCUT2D eigenvalue weighted by Crippen LogP contribution is 2.24. The van der Waals surface area contributed by atoms with E-state index in [1.807, 2.05) is 20.8 Å². The van der Waals surface area contributed by atoms with Crippen LogP contribution in [0.4, 0.5) is 0 Å². The van der Waals surface area contributed by atoms with Gasteiger partial charge in [0.05, 0.1) is 0 Å². The quantitative estimate of drug-likeness (QED) is 0.782. The highest BCUT2D eigenvalue weighted by atomic mass is 16.6. The van der Waals surface area contributed by atoms with Crippen LogP contribution in [-0.2, 0) is 14.3 Å². The molecular formula is C14H22N4O3. The zero-order valence-corrected chi connectivity index (χ0v) is 12.9. The second-order valence-electron chi connectivity index (χ2n) is 6.27. The van der Waals surface area contributed by atoms with E-state index in [0.717, 1.165) is 6.42 Å². The minimum atomic E-state index is -0.550. The van der Waals surface area contributed by atoms with Gasteiger partial charge >= 0.3 is 5.97 Å². The molecule has 7 heteroatoms. The molecule has 0 aromatic carbocycles. The summed E-state index contributed by atoms with van der Waals surface area (Å²) >= 11 is 0. The lowest BCUT2D eigenvalue weighted by molar-refractivity contribution is -0.163. The molecule has 1 amide bonds. The first-order valence-corrected chi connectivity index (χ1v) is 7.17. The first kappa shape index (κ1) is 15.5. The molecule has 1 fully saturated rings. The molecule has 2 rings (SSSR count). The smallest absolute Gasteiger partial charge is 0.329 e. The van der Waals surface area contributed by atoms with Gasteiger partial charge in [0.1, 0.15) is 30.3 Å². The van der Waals surface area contributed by atoms with Gasteiger partial charge in [-0.15, -0.1) is 0 Å². The topological polar surface area (TPSA) is 77.3 Å². The Morgan fingerprint density at radius 3 is 2.67 bits per heavy atom. The van der Waals surface area contributed by atoms with Gasteiger partial charge in [-0.05, 0) is 40.5 Å². The van der Waals surface area contributed by atoms with E-state index in [1.54, 1.807) is 11.8 Å². The molecule has 1 aliphatic rings. The molecule has 1 aliphatic heterocycles. The molecule has 0 bridgehead atoms. The monoisotopic (exact) mass is 294 g/mol. The van der Waals surface area contributed by atoms with Gasteiger partial charge in [0.15, 0.2) is 0 Å². The fourth-order valence-corrected chi connectivity index (χ4v) is 2.42. The number of carbonyl (C=O) groups excluding carboxylic acids is 2. The van der Waals surface area contributed by atoms with Crippen molar-refractivity contribution in [3.63, 3.8) is 0 Å². The van der Waals surface area contributed by atoms with Crippen LogP contribution in [0.3, 0.4) is 0 Å². The van der Waals surface area contributed by atoms with E-state index >= 15 is 0 Å². The molecule has 1 aromatic heterocycles. The van der Waals surface area contributed by atoms with E-state index in [2.05, 4.69) is 10.1 Å². The normalized spacial score (nSPS) is 20.4. The third kappa shape index (κ3) is 3.59. The molecule has 1 saturated heterocycles. The Labute approximate surface area is 124 Å². The van der Waals surface area contributed by atoms with Gasteiger partial charge in [-0.25, -0.2) is 14.5 Å². The highest BCUT2D eigenvalue weighted by Gasteiger charge is 2.38. The number of hydrogen-bond donors (Lipinski definition) is 0. The predicted molar refractivity (Wildman–Crippen MR) is 75.3 cm³/mol. The molecule has 0 radical (unpaired) electrons. The standard InChI is InChI=1S/C14H22N4O3/c1-10(18-9-15-8-16-18)12(19)17-7-5-6-11(17)13(20)21-14(2,3)4/h8-11H,5-7H2,1-4H3/t10?,11-/m0/s1. The Balaban J connectivity index is 2.08. The van der Waals surface area contributed by atoms with Crippen LogP contribution in [0.1, 0.15) is 46.6 Å². The lowest BCUT2D eigenvalue weighted by Gasteiger charge is -2.29. The van der Waals surface area contributed by atoms with Gasteiger partial charge in [0, 0.05) is 6.54 Å². The third-order valence-electron chi connectivity index (χ3n) is 3.41. The Bertz CT molecular complexity index is 507. The molecule has 0 N–H and O–H groups in total. The minimum absolute atomic E-state index is 0.131. The Morgan fingerprint density at radius 2 is 2.10 bits per heavy atom. The molecular weight excluding hydrogens is 272 g/mol. The molecule has 116 valence electrons. The fourth-order valence-electron chi connectivity index (χ4n) is 2.42. The molecule has 1 aromatic rings. The second-order valence-corrected chi connectivity index (χ2v) is 6.27. The summed E-state index contributed by atoms with van der Waals surface area (Å²) in [7, 11) is 0. The van der Waals surface area contributed by atoms with Crippen LogP contribution in [0, 0.1) is 0 Å². The van der Waals surface area contributed by atoms with Gasteiger partial charge in [0.2, 0.25) is 5.91 Å². The van der Waals surface area contributed by atoms with Gasteiger partial charge in [-0.3, -0.25) is 4.79 Å². The van der Waals surface area contributed by atoms with Crippen LogP contribution < -0.4 is 0 Å². The maximum atomic E-state index is 12.6. The molecule has 2 atom stereocenters. The Kier molecular flexibility index (Phi) is 4.29. The maximum absolute atomic E-state index is 12.6. The zero-order valence-electron chi connectivity index (χ0n) is 12.9. The average molecular weight is 294 g/mol. The SMILES string of the molecule is CC(C(=O)N1CCC[C@H]1C(=O)OC(C)(C)C)n1cncn1. The van der Waals surface area contributed by atoms with Crippen molar-refractivity contribution in [2.24, 2.45) is 0 Å². The lowest BCUT2D eigenvalue weighted by atomic mass is 10.1. The summed E-state index contributed by atoms with van der Waals surface area (Å²) in [4.78, 5) is 30.2. The number of hydrogen-bond acceptors (Lipinski definition) is 5. The summed E-state index contributed by atoms with van der Waals surface area (Å²) in [5.41, 5.74) is -0.550. The Hall–Kier alpha value is -1.92. The summed E-state index contributed by atoms with van der Waals surface area (Å²) in [6, 6.07) is -0.974. The lowest BCUT2D eigenvalue weighted by Crippen LogP contribution is -2.45. The minimum Gasteiger partial charge on any atom is -0.458 e. The Morgan fingerprint density at radius 1 is 1.38 bits per heavy atom. The predicted octanol–water partition coefficient (Wildman–Crippen LogP) is 1.17. The zero-order chi connectivity index (χ0) is 15.6. The van der Waals surface area contributed by atoms with E-state index in [1.165, 1.54) is 17.3 Å². The van der Waals surface area contributed by atoms with Crippen molar-refractivity contribution < 1.29 is 14.3 Å². The number of amides is 1. The van der Waals surface area contributed by atoms with E-state index in [0.29, 0.717) is 13.0 Å². The number of nitrogens with zero attached hydrogens (tertiary/aromatic N) is 4. The summed E-state index contributed by atoms with van der Waals surface area (Å²) < 4.78 is 6.90. The van der Waals surface area contributed by atoms with Gasteiger partial charge in [-0.1, -0.05) is 0 Å². The second kappa shape index (κ2) is 5.83. The third-order valence-corrected chi connectivity index (χ3v) is 3.41. The van der Waals surface area contributed by atoms with Crippen molar-refractivity contribution in [3.8, 4) is 0 Å². The van der Waals surface area contributed by atoms with Crippen molar-refractivity contribution in [1.82, 2.24) is 19.7 Å². The van der Waals surface area contributed by atoms with Crippen LogP contribution in [0.15, 0.2) is 12.7 Å². The molecule has 0 spiro atoms. The summed E-state index contributed by atoms with van der Waals surface area (Å²) in [5, 5.41) is 3.98. The van der Waals surface area contributed by atoms with Crippen molar-refractivity contribution in [1.29, 1.82) is 0 Å². The van der Waals surface area contributed by atoms with Crippen LogP contribution in [0.5, 0.6) is 0 Å². The van der Waals surface area contributed by atoms with Crippen LogP contribution in [0.2, 0.25) is 0 Å². The van der Waals surface area contributed by atoms with Crippen molar-refractivity contribution in [2.75, 3.05) is 6.54 Å². The number of esters is 1. The van der Waals surface area contributed by atoms with E-state index < -0.39 is 17.7 Å². The van der Waals surface area contributed by atoms with Gasteiger partial charge in [0.25, 0.3) is 0 Å². The molecule has 21 heavy (non-hydrogen) atoms. The van der Waals surface area contributed by atoms with Crippen molar-refractivity contribution in [2.45, 2.75) is 58.2 Å². The first-order chi connectivity index (χ1) is 9.79. The molecule has 0 aliphatic carbocycles. The van der Waals surface area contributed by atoms with Gasteiger partial charge < -0.3 is 9.64 Å². The van der Waals surface area contributed by atoms with E-state index in [-0.39, 0.29) is 11.9 Å². The number of carbonyl (C=O) groups is 2. The average Bonchev–Trinajstić information content (AvgIpc) is 3.05. The molecule has 2 heterocycles. The van der Waals surface area contributed by atoms with Crippen LogP contribution >= 0.6 is 0 Å². The maximum Gasteiger partial charge on any atom is 0.329 e. The number of rotatable bonds is 3. The van der Waals surface area contributed by atoms with E-state index in [9.17, 15) is 9.59 Å². The largest absolute Gasteiger partial charge is 0.458 e. The summed E-state index contributed by atoms with van der Waals surface area (Å²) in [5.74, 6) is -0.465. The number of ether oxygens (including phenoxy) is 1. The first-order valence-electron chi connectivity index (χ1n) is 7.17. The van der Waals surface area contributed by atoms with Crippen LogP contribution in [0.25, 0.3) is 0 Å². The number of aromatic nitrogens is 3. The van der Waals surface area contributed by atoms with Crippen molar-refractivity contribution >= 4 is 11.9 Å². The fraction of sp³-hybridized carbons (Fsp3) is 0.714. The van der Waals surface area contributed by atoms with Crippen molar-refractivity contribution in [3.05, 3.63) is 12.7 Å². The van der Waals surface area contributed by atoms with Crippen LogP contribution in [-0.4, -0.2) is 49.7 Å². The highest BCUT2D eigenvalue weighted by molar-refractivity contribution is 5.87. The summed E-state index contributed by atoms with van der Waals surface area (Å²) in [6.07, 6.45) is 4.34.